The highest BCUT2D eigenvalue weighted by Gasteiger charge is 2.32. The minimum Gasteiger partial charge on any atom is -0.444 e. The van der Waals surface area contributed by atoms with E-state index in [4.69, 9.17) is 4.74 Å². The first-order chi connectivity index (χ1) is 16.9. The van der Waals surface area contributed by atoms with Gasteiger partial charge < -0.3 is 14.5 Å². The van der Waals surface area contributed by atoms with Crippen molar-refractivity contribution in [1.29, 1.82) is 0 Å². The second kappa shape index (κ2) is 9.77. The summed E-state index contributed by atoms with van der Waals surface area (Å²) in [6.45, 7) is 8.46. The molecule has 0 spiro atoms. The molecule has 0 aliphatic carbocycles. The van der Waals surface area contributed by atoms with Gasteiger partial charge in [0.25, 0.3) is 15.9 Å². The number of nitrogens with one attached hydrogen (secondary N) is 1. The largest absolute Gasteiger partial charge is 0.444 e. The van der Waals surface area contributed by atoms with Crippen molar-refractivity contribution in [2.24, 2.45) is 0 Å². The Kier molecular flexibility index (Phi) is 6.90. The molecular weight excluding hydrogens is 480 g/mol. The van der Waals surface area contributed by atoms with E-state index in [1.54, 1.807) is 64.5 Å². The van der Waals surface area contributed by atoms with E-state index in [1.807, 2.05) is 27.7 Å². The summed E-state index contributed by atoms with van der Waals surface area (Å²) in [5.41, 5.74) is 0.573. The highest BCUT2D eigenvalue weighted by atomic mass is 32.2. The van der Waals surface area contributed by atoms with Crippen LogP contribution in [0.1, 0.15) is 38.1 Å². The molecule has 4 rings (SSSR count). The summed E-state index contributed by atoms with van der Waals surface area (Å²) in [6.07, 6.45) is 1.16. The molecule has 3 aromatic rings. The van der Waals surface area contributed by atoms with Crippen LogP contribution in [0.25, 0.3) is 10.9 Å². The average molecular weight is 511 g/mol. The summed E-state index contributed by atoms with van der Waals surface area (Å²) in [5.74, 6) is -0.181. The molecule has 0 saturated carbocycles. The van der Waals surface area contributed by atoms with Crippen molar-refractivity contribution in [3.63, 3.8) is 0 Å². The number of fused-ring (bicyclic) bond motifs is 1. The maximum Gasteiger partial charge on any atom is 0.410 e. The Morgan fingerprint density at radius 1 is 1.03 bits per heavy atom. The fourth-order valence-electron chi connectivity index (χ4n) is 4.10. The van der Waals surface area contributed by atoms with Gasteiger partial charge in [-0.3, -0.25) is 14.5 Å². The number of anilines is 1. The lowest BCUT2D eigenvalue weighted by molar-refractivity contribution is 0.00617. The molecule has 1 N–H and O–H groups in total. The number of rotatable bonds is 4. The van der Waals surface area contributed by atoms with Gasteiger partial charge in [0.05, 0.1) is 5.52 Å². The van der Waals surface area contributed by atoms with Crippen LogP contribution in [-0.4, -0.2) is 66.5 Å². The molecule has 190 valence electrons. The molecule has 1 aliphatic heterocycles. The van der Waals surface area contributed by atoms with E-state index in [2.05, 4.69) is 9.71 Å². The second-order valence-electron chi connectivity index (χ2n) is 9.79. The molecule has 1 saturated heterocycles. The summed E-state index contributed by atoms with van der Waals surface area (Å²) in [7, 11) is -3.89. The molecule has 1 fully saturated rings. The molecule has 2 aromatic carbocycles. The first-order valence-corrected chi connectivity index (χ1v) is 13.2. The maximum absolute atomic E-state index is 13.1. The zero-order valence-corrected chi connectivity index (χ0v) is 21.6. The number of aromatic nitrogens is 1. The molecule has 1 aliphatic rings. The third kappa shape index (κ3) is 5.59. The number of benzene rings is 2. The van der Waals surface area contributed by atoms with Gasteiger partial charge in [-0.25, -0.2) is 13.2 Å². The average Bonchev–Trinajstić information content (AvgIpc) is 2.82. The summed E-state index contributed by atoms with van der Waals surface area (Å²) in [5, 5.41) is 0.724. The third-order valence-electron chi connectivity index (χ3n) is 5.81. The number of amides is 2. The molecule has 1 aromatic heterocycles. The third-order valence-corrected chi connectivity index (χ3v) is 7.22. The minimum absolute atomic E-state index is 0.0810. The first kappa shape index (κ1) is 25.4. The Hall–Kier alpha value is -3.66. The molecule has 36 heavy (non-hydrogen) atoms. The van der Waals surface area contributed by atoms with Crippen LogP contribution in [0.2, 0.25) is 0 Å². The fourth-order valence-corrected chi connectivity index (χ4v) is 5.34. The summed E-state index contributed by atoms with van der Waals surface area (Å²) in [6, 6.07) is 14.6. The lowest BCUT2D eigenvalue weighted by Gasteiger charge is -2.40. The SMILES string of the molecule is CC1CN(C(=O)OC(C)(C)C)CCN1C(=O)c1ccc(NS(=O)(=O)c2cccc3cccnc23)cc1. The van der Waals surface area contributed by atoms with Crippen LogP contribution in [-0.2, 0) is 14.8 Å². The number of carbonyl (C=O) groups is 2. The standard InChI is InChI=1S/C26H30N4O5S/c1-18-17-29(25(32)35-26(2,3)4)15-16-30(18)24(31)20-10-12-21(13-11-20)28-36(33,34)22-9-5-7-19-8-6-14-27-23(19)22/h5-14,18,28H,15-17H2,1-4H3. The molecule has 1 atom stereocenters. The number of nitrogens with zero attached hydrogens (tertiary/aromatic N) is 3. The summed E-state index contributed by atoms with van der Waals surface area (Å²) >= 11 is 0. The molecule has 1 unspecified atom stereocenters. The molecule has 10 heteroatoms. The van der Waals surface area contributed by atoms with Crippen molar-refractivity contribution in [3.8, 4) is 0 Å². The lowest BCUT2D eigenvalue weighted by Crippen LogP contribution is -2.56. The number of pyridine rings is 1. The molecular formula is C26H30N4O5S. The van der Waals surface area contributed by atoms with Crippen LogP contribution in [0.4, 0.5) is 10.5 Å². The van der Waals surface area contributed by atoms with Crippen molar-refractivity contribution in [1.82, 2.24) is 14.8 Å². The summed E-state index contributed by atoms with van der Waals surface area (Å²) in [4.78, 5) is 33.1. The van der Waals surface area contributed by atoms with Crippen LogP contribution < -0.4 is 4.72 Å². The number of hydrogen-bond acceptors (Lipinski definition) is 6. The Labute approximate surface area is 211 Å². The first-order valence-electron chi connectivity index (χ1n) is 11.7. The molecule has 0 radical (unpaired) electrons. The van der Waals surface area contributed by atoms with Gasteiger partial charge in [0.15, 0.2) is 0 Å². The van der Waals surface area contributed by atoms with Crippen molar-refractivity contribution in [2.75, 3.05) is 24.4 Å². The van der Waals surface area contributed by atoms with Gasteiger partial charge in [-0.15, -0.1) is 0 Å². The van der Waals surface area contributed by atoms with Crippen molar-refractivity contribution in [2.45, 2.75) is 44.2 Å². The molecule has 9 nitrogen and oxygen atoms in total. The van der Waals surface area contributed by atoms with Gasteiger partial charge in [0, 0.05) is 48.5 Å². The topological polar surface area (TPSA) is 109 Å². The highest BCUT2D eigenvalue weighted by molar-refractivity contribution is 7.93. The smallest absolute Gasteiger partial charge is 0.410 e. The maximum atomic E-state index is 13.1. The van der Waals surface area contributed by atoms with Gasteiger partial charge in [-0.05, 0) is 64.1 Å². The van der Waals surface area contributed by atoms with Crippen molar-refractivity contribution >= 4 is 38.6 Å². The number of para-hydroxylation sites is 1. The van der Waals surface area contributed by atoms with Gasteiger partial charge in [0.1, 0.15) is 10.5 Å². The number of sulfonamides is 1. The van der Waals surface area contributed by atoms with Gasteiger partial charge in [-0.1, -0.05) is 18.2 Å². The Balaban J connectivity index is 1.43. The monoisotopic (exact) mass is 510 g/mol. The Morgan fingerprint density at radius 2 is 1.72 bits per heavy atom. The molecule has 0 bridgehead atoms. The van der Waals surface area contributed by atoms with Crippen LogP contribution in [0.3, 0.4) is 0 Å². The predicted molar refractivity (Wildman–Crippen MR) is 137 cm³/mol. The Bertz CT molecular complexity index is 1380. The zero-order chi connectivity index (χ0) is 26.1. The van der Waals surface area contributed by atoms with E-state index < -0.39 is 15.6 Å². The number of carbonyl (C=O) groups excluding carboxylic acids is 2. The van der Waals surface area contributed by atoms with Crippen LogP contribution in [0, 0.1) is 0 Å². The van der Waals surface area contributed by atoms with Crippen LogP contribution in [0.5, 0.6) is 0 Å². The number of piperazine rings is 1. The predicted octanol–water partition coefficient (Wildman–Crippen LogP) is 4.12. The Morgan fingerprint density at radius 3 is 2.39 bits per heavy atom. The van der Waals surface area contributed by atoms with Gasteiger partial charge >= 0.3 is 6.09 Å². The fraction of sp³-hybridized carbons (Fsp3) is 0.346. The number of hydrogen-bond donors (Lipinski definition) is 1. The molecule has 2 amide bonds. The van der Waals surface area contributed by atoms with E-state index in [9.17, 15) is 18.0 Å². The minimum atomic E-state index is -3.89. The van der Waals surface area contributed by atoms with Crippen molar-refractivity contribution in [3.05, 3.63) is 66.4 Å². The van der Waals surface area contributed by atoms with Crippen molar-refractivity contribution < 1.29 is 22.7 Å². The van der Waals surface area contributed by atoms with Gasteiger partial charge in [-0.2, -0.15) is 0 Å². The normalized spacial score (nSPS) is 16.6. The van der Waals surface area contributed by atoms with Gasteiger partial charge in [0.2, 0.25) is 0 Å². The zero-order valence-electron chi connectivity index (χ0n) is 20.8. The van der Waals surface area contributed by atoms with E-state index in [0.29, 0.717) is 36.4 Å². The molecule has 2 heterocycles. The van der Waals surface area contributed by atoms with E-state index >= 15 is 0 Å². The second-order valence-corrected chi connectivity index (χ2v) is 11.4. The van der Waals surface area contributed by atoms with E-state index in [0.717, 1.165) is 5.39 Å². The summed E-state index contributed by atoms with van der Waals surface area (Å²) < 4.78 is 34.1. The van der Waals surface area contributed by atoms with Crippen LogP contribution >= 0.6 is 0 Å². The van der Waals surface area contributed by atoms with Crippen LogP contribution in [0.15, 0.2) is 65.7 Å². The lowest BCUT2D eigenvalue weighted by atomic mass is 10.1. The quantitative estimate of drug-likeness (QED) is 0.566. The highest BCUT2D eigenvalue weighted by Crippen LogP contribution is 2.24. The number of ether oxygens (including phenoxy) is 1. The van der Waals surface area contributed by atoms with E-state index in [1.165, 1.54) is 6.07 Å². The van der Waals surface area contributed by atoms with E-state index in [-0.39, 0.29) is 22.9 Å².